The Morgan fingerprint density at radius 2 is 1.42 bits per heavy atom. The van der Waals surface area contributed by atoms with Crippen LogP contribution in [-0.2, 0) is 30.3 Å². The number of phenolic OH excluding ortho intramolecular Hbond substituents is 1. The van der Waals surface area contributed by atoms with Crippen molar-refractivity contribution in [2.45, 2.75) is 144 Å². The van der Waals surface area contributed by atoms with E-state index < -0.39 is 53.2 Å². The van der Waals surface area contributed by atoms with Gasteiger partial charge in [0.2, 0.25) is 11.8 Å². The van der Waals surface area contributed by atoms with Crippen LogP contribution >= 0.6 is 0 Å². The van der Waals surface area contributed by atoms with Crippen molar-refractivity contribution in [3.8, 4) is 5.75 Å². The van der Waals surface area contributed by atoms with Crippen LogP contribution < -0.4 is 10.6 Å². The van der Waals surface area contributed by atoms with E-state index in [1.165, 1.54) is 11.0 Å². The average Bonchev–Trinajstić information content (AvgIpc) is 3.00. The molecule has 278 valence electrons. The number of aromatic hydroxyl groups is 1. The number of hydrogen-bond acceptors (Lipinski definition) is 7. The molecule has 3 amide bonds. The minimum absolute atomic E-state index is 0.0454. The summed E-state index contributed by atoms with van der Waals surface area (Å²) in [7, 11) is 0. The van der Waals surface area contributed by atoms with Gasteiger partial charge >= 0.3 is 12.1 Å². The minimum Gasteiger partial charge on any atom is -0.508 e. The first-order valence-corrected chi connectivity index (χ1v) is 18.0. The Morgan fingerprint density at radius 3 is 1.98 bits per heavy atom. The van der Waals surface area contributed by atoms with Gasteiger partial charge in [0.15, 0.2) is 0 Å². The molecule has 0 aromatic heterocycles. The molecule has 0 aliphatic carbocycles. The number of alkyl carbamates (subject to hydrolysis) is 1. The molecule has 0 radical (unpaired) electrons. The van der Waals surface area contributed by atoms with Gasteiger partial charge in [-0.15, -0.1) is 0 Å². The highest BCUT2D eigenvalue weighted by Gasteiger charge is 2.39. The molecule has 0 saturated carbocycles. The second-order valence-electron chi connectivity index (χ2n) is 15.4. The molecule has 0 aliphatic heterocycles. The Hall–Kier alpha value is -4.08. The van der Waals surface area contributed by atoms with E-state index in [9.17, 15) is 24.3 Å². The lowest BCUT2D eigenvalue weighted by atomic mass is 9.96. The molecule has 2 rings (SSSR count). The molecule has 0 saturated heterocycles. The summed E-state index contributed by atoms with van der Waals surface area (Å²) < 4.78 is 11.2. The zero-order valence-electron chi connectivity index (χ0n) is 31.9. The molecule has 0 aliphatic rings. The second-order valence-corrected chi connectivity index (χ2v) is 15.4. The van der Waals surface area contributed by atoms with E-state index >= 15 is 0 Å². The number of carbonyl (C=O) groups excluding carboxylic acids is 4. The molecule has 3 N–H and O–H groups in total. The molecule has 10 heteroatoms. The van der Waals surface area contributed by atoms with Gasteiger partial charge in [0.1, 0.15) is 35.1 Å². The van der Waals surface area contributed by atoms with Crippen LogP contribution in [0.5, 0.6) is 5.75 Å². The third-order valence-corrected chi connectivity index (χ3v) is 8.03. The maximum atomic E-state index is 14.7. The van der Waals surface area contributed by atoms with Gasteiger partial charge in [-0.05, 0) is 89.6 Å². The van der Waals surface area contributed by atoms with E-state index in [0.29, 0.717) is 17.5 Å². The first kappa shape index (κ1) is 42.1. The Labute approximate surface area is 299 Å². The van der Waals surface area contributed by atoms with Crippen molar-refractivity contribution in [1.82, 2.24) is 15.5 Å². The third-order valence-electron chi connectivity index (χ3n) is 8.03. The highest BCUT2D eigenvalue weighted by atomic mass is 16.6. The molecule has 50 heavy (non-hydrogen) atoms. The Morgan fingerprint density at radius 1 is 0.820 bits per heavy atom. The van der Waals surface area contributed by atoms with Gasteiger partial charge in [-0.25, -0.2) is 9.59 Å². The minimum atomic E-state index is -1.19. The van der Waals surface area contributed by atoms with Crippen molar-refractivity contribution in [3.63, 3.8) is 0 Å². The number of unbranched alkanes of at least 4 members (excludes halogenated alkanes) is 5. The van der Waals surface area contributed by atoms with Crippen molar-refractivity contribution >= 4 is 23.9 Å². The highest BCUT2D eigenvalue weighted by Crippen LogP contribution is 2.29. The van der Waals surface area contributed by atoms with E-state index in [1.54, 1.807) is 60.6 Å². The number of nitrogens with zero attached hydrogens (tertiary/aromatic N) is 1. The van der Waals surface area contributed by atoms with Crippen molar-refractivity contribution in [2.24, 2.45) is 5.92 Å². The summed E-state index contributed by atoms with van der Waals surface area (Å²) >= 11 is 0. The van der Waals surface area contributed by atoms with Gasteiger partial charge in [-0.1, -0.05) is 89.3 Å². The number of hydrogen-bond donors (Lipinski definition) is 3. The van der Waals surface area contributed by atoms with Crippen LogP contribution in [0.25, 0.3) is 0 Å². The summed E-state index contributed by atoms with van der Waals surface area (Å²) in [5.41, 5.74) is 0.213. The van der Waals surface area contributed by atoms with Crippen LogP contribution in [0.4, 0.5) is 4.79 Å². The van der Waals surface area contributed by atoms with Gasteiger partial charge in [-0.2, -0.15) is 0 Å². The molecule has 3 unspecified atom stereocenters. The molecular weight excluding hydrogens is 634 g/mol. The number of carbonyl (C=O) groups is 4. The van der Waals surface area contributed by atoms with Gasteiger partial charge < -0.3 is 30.1 Å². The number of amides is 3. The number of benzene rings is 2. The molecule has 0 spiro atoms. The monoisotopic (exact) mass is 695 g/mol. The topological polar surface area (TPSA) is 134 Å². The third kappa shape index (κ3) is 14.4. The fourth-order valence-electron chi connectivity index (χ4n) is 5.54. The van der Waals surface area contributed by atoms with Crippen LogP contribution in [0.2, 0.25) is 0 Å². The normalized spacial score (nSPS) is 13.6. The quantitative estimate of drug-likeness (QED) is 0.115. The van der Waals surface area contributed by atoms with E-state index in [-0.39, 0.29) is 24.6 Å². The first-order valence-electron chi connectivity index (χ1n) is 18.0. The first-order chi connectivity index (χ1) is 23.3. The van der Waals surface area contributed by atoms with Crippen LogP contribution in [0.15, 0.2) is 48.5 Å². The standard InChI is InChI=1S/C40H61N3O7/c1-11-12-13-14-15-19-24-43(36(46)33(27(2)3)42-38(48)50-40(8,9)10)34(30-22-23-32(44)28(4)25-30)35(45)41-31(37(47)49-39(5,6)7)26-29-20-17-16-18-21-29/h16-18,20-23,25,27,31,33-34,44H,11-15,19,24,26H2,1-10H3,(H,41,45)(H,42,48). The number of esters is 1. The van der Waals surface area contributed by atoms with E-state index in [4.69, 9.17) is 9.47 Å². The number of nitrogens with one attached hydrogen (secondary N) is 2. The lowest BCUT2D eigenvalue weighted by Crippen LogP contribution is -2.56. The Balaban J connectivity index is 2.65. The Bertz CT molecular complexity index is 1400. The van der Waals surface area contributed by atoms with E-state index in [0.717, 1.165) is 37.7 Å². The van der Waals surface area contributed by atoms with Crippen molar-refractivity contribution in [2.75, 3.05) is 6.54 Å². The Kier molecular flexibility index (Phi) is 16.3. The highest BCUT2D eigenvalue weighted by molar-refractivity contribution is 5.94. The van der Waals surface area contributed by atoms with Crippen LogP contribution in [0.3, 0.4) is 0 Å². The largest absolute Gasteiger partial charge is 0.508 e. The number of phenols is 1. The molecule has 2 aromatic carbocycles. The van der Waals surface area contributed by atoms with Gasteiger partial charge in [-0.3, -0.25) is 9.59 Å². The maximum Gasteiger partial charge on any atom is 0.408 e. The summed E-state index contributed by atoms with van der Waals surface area (Å²) in [4.78, 5) is 57.3. The molecule has 0 bridgehead atoms. The lowest BCUT2D eigenvalue weighted by Gasteiger charge is -2.36. The summed E-state index contributed by atoms with van der Waals surface area (Å²) in [5, 5.41) is 16.1. The molecule has 0 heterocycles. The van der Waals surface area contributed by atoms with Gasteiger partial charge in [0.25, 0.3) is 0 Å². The van der Waals surface area contributed by atoms with Gasteiger partial charge in [0.05, 0.1) is 0 Å². The predicted octanol–water partition coefficient (Wildman–Crippen LogP) is 7.55. The fourth-order valence-corrected chi connectivity index (χ4v) is 5.54. The lowest BCUT2D eigenvalue weighted by molar-refractivity contribution is -0.159. The molecule has 3 atom stereocenters. The summed E-state index contributed by atoms with van der Waals surface area (Å²) in [6.45, 7) is 18.2. The summed E-state index contributed by atoms with van der Waals surface area (Å²) in [6.07, 6.45) is 5.15. The number of ether oxygens (including phenoxy) is 2. The maximum absolute atomic E-state index is 14.7. The zero-order valence-corrected chi connectivity index (χ0v) is 31.9. The van der Waals surface area contributed by atoms with Gasteiger partial charge in [0, 0.05) is 13.0 Å². The number of aryl methyl sites for hydroxylation is 1. The number of rotatable bonds is 17. The van der Waals surface area contributed by atoms with Crippen molar-refractivity contribution < 1.29 is 33.8 Å². The predicted molar refractivity (Wildman–Crippen MR) is 197 cm³/mol. The smallest absolute Gasteiger partial charge is 0.408 e. The van der Waals surface area contributed by atoms with Crippen LogP contribution in [-0.4, -0.2) is 63.7 Å². The summed E-state index contributed by atoms with van der Waals surface area (Å²) in [5.74, 6) is -1.94. The van der Waals surface area contributed by atoms with Crippen molar-refractivity contribution in [3.05, 3.63) is 65.2 Å². The fraction of sp³-hybridized carbons (Fsp3) is 0.600. The summed E-state index contributed by atoms with van der Waals surface area (Å²) in [6, 6.07) is 10.8. The zero-order chi connectivity index (χ0) is 37.6. The van der Waals surface area contributed by atoms with Crippen molar-refractivity contribution in [1.29, 1.82) is 0 Å². The second kappa shape index (κ2) is 19.3. The van der Waals surface area contributed by atoms with Crippen LogP contribution in [0, 0.1) is 12.8 Å². The van der Waals surface area contributed by atoms with Crippen LogP contribution in [0.1, 0.15) is 124 Å². The molecule has 2 aromatic rings. The van der Waals surface area contributed by atoms with E-state index in [1.807, 2.05) is 44.2 Å². The van der Waals surface area contributed by atoms with E-state index in [2.05, 4.69) is 17.6 Å². The average molecular weight is 696 g/mol. The molecule has 10 nitrogen and oxygen atoms in total. The molecular formula is C40H61N3O7. The molecule has 0 fully saturated rings. The SMILES string of the molecule is CCCCCCCCN(C(=O)C(NC(=O)OC(C)(C)C)C(C)C)C(C(=O)NC(Cc1ccccc1)C(=O)OC(C)(C)C)c1ccc(O)c(C)c1.